The van der Waals surface area contributed by atoms with Gasteiger partial charge in [0.05, 0.1) is 24.5 Å². The van der Waals surface area contributed by atoms with Crippen molar-refractivity contribution in [1.29, 1.82) is 0 Å². The molecule has 1 fully saturated rings. The van der Waals surface area contributed by atoms with Crippen LogP contribution in [-0.2, 0) is 13.1 Å². The van der Waals surface area contributed by atoms with E-state index in [0.717, 1.165) is 44.1 Å². The van der Waals surface area contributed by atoms with Gasteiger partial charge in [-0.25, -0.2) is 0 Å². The van der Waals surface area contributed by atoms with Gasteiger partial charge < -0.3 is 15.5 Å². The highest BCUT2D eigenvalue weighted by atomic mass is 16.2. The maximum atomic E-state index is 12.5. The van der Waals surface area contributed by atoms with Crippen LogP contribution in [0.25, 0.3) is 0 Å². The molecule has 0 saturated carbocycles. The summed E-state index contributed by atoms with van der Waals surface area (Å²) in [5, 5.41) is 6.54. The van der Waals surface area contributed by atoms with Crippen LogP contribution >= 0.6 is 0 Å². The van der Waals surface area contributed by atoms with Gasteiger partial charge in [-0.05, 0) is 24.3 Å². The van der Waals surface area contributed by atoms with E-state index in [-0.39, 0.29) is 0 Å². The Kier molecular flexibility index (Phi) is 6.46. The van der Waals surface area contributed by atoms with Crippen molar-refractivity contribution in [3.05, 3.63) is 80.6 Å². The van der Waals surface area contributed by atoms with E-state index in [2.05, 4.69) is 25.5 Å². The lowest BCUT2D eigenvalue weighted by Gasteiger charge is -2.29. The van der Waals surface area contributed by atoms with Crippen LogP contribution in [-0.4, -0.2) is 54.1 Å². The largest absolute Gasteiger partial charge is 0.379 e. The first-order valence-corrected chi connectivity index (χ1v) is 10.3. The zero-order valence-electron chi connectivity index (χ0n) is 16.9. The van der Waals surface area contributed by atoms with Gasteiger partial charge >= 0.3 is 0 Å². The second-order valence-electron chi connectivity index (χ2n) is 7.40. The topological polar surface area (TPSA) is 90.5 Å². The van der Waals surface area contributed by atoms with E-state index >= 15 is 0 Å². The molecule has 1 aliphatic rings. The Labute approximate surface area is 175 Å². The van der Waals surface area contributed by atoms with Gasteiger partial charge in [0.1, 0.15) is 11.4 Å². The number of nitrogens with one attached hydrogen (secondary N) is 2. The third kappa shape index (κ3) is 4.72. The summed E-state index contributed by atoms with van der Waals surface area (Å²) in [5.41, 5.74) is 1.59. The molecule has 0 bridgehead atoms. The van der Waals surface area contributed by atoms with Crippen molar-refractivity contribution in [3.8, 4) is 0 Å². The molecule has 2 N–H and O–H groups in total. The summed E-state index contributed by atoms with van der Waals surface area (Å²) in [6, 6.07) is 11.4. The van der Waals surface area contributed by atoms with Crippen LogP contribution in [0.4, 0.5) is 11.4 Å². The highest BCUT2D eigenvalue weighted by Gasteiger charge is 2.27. The zero-order chi connectivity index (χ0) is 20.8. The van der Waals surface area contributed by atoms with Crippen LogP contribution in [0, 0.1) is 0 Å². The number of hydrogen-bond donors (Lipinski definition) is 2. The van der Waals surface area contributed by atoms with E-state index in [4.69, 9.17) is 0 Å². The summed E-state index contributed by atoms with van der Waals surface area (Å²) in [6.45, 7) is 6.25. The van der Waals surface area contributed by atoms with E-state index in [0.29, 0.717) is 31.0 Å². The van der Waals surface area contributed by atoms with Gasteiger partial charge in [-0.3, -0.25) is 24.5 Å². The highest BCUT2D eigenvalue weighted by Crippen LogP contribution is 2.23. The molecular formula is C22H26N6O2. The fraction of sp³-hybridized carbons (Fsp3) is 0.364. The van der Waals surface area contributed by atoms with Gasteiger partial charge in [0.2, 0.25) is 0 Å². The fourth-order valence-electron chi connectivity index (χ4n) is 3.71. The third-order valence-electron chi connectivity index (χ3n) is 5.30. The lowest BCUT2D eigenvalue weighted by Crippen LogP contribution is -2.46. The SMILES string of the molecule is O=c1c(NCCN2CCNCC2)c(N(Cc2ccccn2)Cc2ccccn2)c1=O. The summed E-state index contributed by atoms with van der Waals surface area (Å²) in [4.78, 5) is 37.8. The molecule has 0 unspecified atom stereocenters. The summed E-state index contributed by atoms with van der Waals surface area (Å²) in [6.07, 6.45) is 3.45. The summed E-state index contributed by atoms with van der Waals surface area (Å²) in [7, 11) is 0. The Hall–Kier alpha value is -3.10. The Bertz CT molecular complexity index is 970. The fourth-order valence-corrected chi connectivity index (χ4v) is 3.71. The predicted octanol–water partition coefficient (Wildman–Crippen LogP) is 0.597. The standard InChI is InChI=1S/C22H26N6O2/c29-21-19(26-11-14-27-12-9-23-10-13-27)20(22(21)30)28(15-17-5-1-3-7-24-17)16-18-6-2-4-8-25-18/h1-8,23,26H,9-16H2. The summed E-state index contributed by atoms with van der Waals surface area (Å²) in [5.74, 6) is 0. The zero-order valence-corrected chi connectivity index (χ0v) is 16.9. The normalized spacial score (nSPS) is 14.7. The van der Waals surface area contributed by atoms with E-state index in [9.17, 15) is 9.59 Å². The molecule has 1 aliphatic heterocycles. The third-order valence-corrected chi connectivity index (χ3v) is 5.30. The lowest BCUT2D eigenvalue weighted by atomic mass is 10.1. The van der Waals surface area contributed by atoms with Gasteiger partial charge in [-0.15, -0.1) is 0 Å². The number of pyridine rings is 2. The van der Waals surface area contributed by atoms with Gasteiger partial charge in [0, 0.05) is 51.7 Å². The van der Waals surface area contributed by atoms with Crippen molar-refractivity contribution in [2.24, 2.45) is 0 Å². The van der Waals surface area contributed by atoms with Crippen molar-refractivity contribution in [1.82, 2.24) is 20.2 Å². The summed E-state index contributed by atoms with van der Waals surface area (Å²) >= 11 is 0. The molecule has 8 nitrogen and oxygen atoms in total. The smallest absolute Gasteiger partial charge is 0.253 e. The number of rotatable bonds is 9. The summed E-state index contributed by atoms with van der Waals surface area (Å²) < 4.78 is 0. The van der Waals surface area contributed by atoms with E-state index in [1.54, 1.807) is 12.4 Å². The van der Waals surface area contributed by atoms with Gasteiger partial charge in [-0.1, -0.05) is 12.1 Å². The van der Waals surface area contributed by atoms with Crippen LogP contribution in [0.15, 0.2) is 58.4 Å². The van der Waals surface area contributed by atoms with E-state index < -0.39 is 10.9 Å². The number of hydrogen-bond acceptors (Lipinski definition) is 8. The molecular weight excluding hydrogens is 380 g/mol. The first-order valence-electron chi connectivity index (χ1n) is 10.3. The Morgan fingerprint density at radius 2 is 1.57 bits per heavy atom. The van der Waals surface area contributed by atoms with Crippen LogP contribution in [0.1, 0.15) is 11.4 Å². The van der Waals surface area contributed by atoms with Gasteiger partial charge in [0.15, 0.2) is 0 Å². The number of nitrogens with zero attached hydrogens (tertiary/aromatic N) is 4. The molecule has 0 spiro atoms. The van der Waals surface area contributed by atoms with Crippen molar-refractivity contribution >= 4 is 11.4 Å². The molecule has 3 aromatic rings. The maximum Gasteiger partial charge on any atom is 0.253 e. The minimum absolute atomic E-state index is 0.405. The second-order valence-corrected chi connectivity index (χ2v) is 7.40. The predicted molar refractivity (Wildman–Crippen MR) is 118 cm³/mol. The minimum Gasteiger partial charge on any atom is -0.379 e. The quantitative estimate of drug-likeness (QED) is 0.499. The lowest BCUT2D eigenvalue weighted by molar-refractivity contribution is 0.249. The molecule has 0 aliphatic carbocycles. The molecule has 3 heterocycles. The molecule has 0 radical (unpaired) electrons. The van der Waals surface area contributed by atoms with Crippen molar-refractivity contribution in [2.45, 2.75) is 13.1 Å². The molecule has 1 aromatic carbocycles. The van der Waals surface area contributed by atoms with Crippen molar-refractivity contribution in [2.75, 3.05) is 49.5 Å². The molecule has 0 atom stereocenters. The Morgan fingerprint density at radius 3 is 2.13 bits per heavy atom. The first kappa shape index (κ1) is 20.2. The first-order chi connectivity index (χ1) is 14.7. The molecule has 1 saturated heterocycles. The van der Waals surface area contributed by atoms with Gasteiger partial charge in [0.25, 0.3) is 10.9 Å². The minimum atomic E-state index is -0.452. The molecule has 4 rings (SSSR count). The van der Waals surface area contributed by atoms with Crippen LogP contribution in [0.2, 0.25) is 0 Å². The highest BCUT2D eigenvalue weighted by molar-refractivity contribution is 5.75. The molecule has 30 heavy (non-hydrogen) atoms. The number of aromatic nitrogens is 2. The number of anilines is 2. The Morgan fingerprint density at radius 1 is 0.933 bits per heavy atom. The molecule has 8 heteroatoms. The molecule has 0 amide bonds. The molecule has 156 valence electrons. The van der Waals surface area contributed by atoms with Crippen molar-refractivity contribution in [3.63, 3.8) is 0 Å². The number of piperazine rings is 1. The Balaban J connectivity index is 1.51. The van der Waals surface area contributed by atoms with Crippen LogP contribution in [0.3, 0.4) is 0 Å². The van der Waals surface area contributed by atoms with Crippen molar-refractivity contribution < 1.29 is 0 Å². The van der Waals surface area contributed by atoms with Gasteiger partial charge in [-0.2, -0.15) is 0 Å². The molecule has 2 aromatic heterocycles. The average molecular weight is 406 g/mol. The second kappa shape index (κ2) is 9.60. The van der Waals surface area contributed by atoms with Crippen LogP contribution in [0.5, 0.6) is 0 Å². The van der Waals surface area contributed by atoms with Crippen LogP contribution < -0.4 is 26.4 Å². The monoisotopic (exact) mass is 406 g/mol. The van der Waals surface area contributed by atoms with E-state index in [1.165, 1.54) is 0 Å². The maximum absolute atomic E-state index is 12.5. The van der Waals surface area contributed by atoms with E-state index in [1.807, 2.05) is 41.3 Å². The average Bonchev–Trinajstić information content (AvgIpc) is 2.80.